The van der Waals surface area contributed by atoms with Crippen molar-refractivity contribution in [3.63, 3.8) is 0 Å². The monoisotopic (exact) mass is 400 g/mol. The summed E-state index contributed by atoms with van der Waals surface area (Å²) in [4.78, 5) is 12.3. The third-order valence-corrected chi connectivity index (χ3v) is 4.35. The van der Waals surface area contributed by atoms with E-state index >= 15 is 0 Å². The second kappa shape index (κ2) is 7.52. The molecule has 3 aromatic heterocycles. The number of nitrogens with one attached hydrogen (secondary N) is 1. The van der Waals surface area contributed by atoms with Crippen LogP contribution in [0.1, 0.15) is 17.1 Å². The molecule has 8 heteroatoms. The Morgan fingerprint density at radius 3 is 2.71 bits per heavy atom. The summed E-state index contributed by atoms with van der Waals surface area (Å²) in [5.41, 5.74) is 1.49. The zero-order valence-electron chi connectivity index (χ0n) is 14.6. The third kappa shape index (κ3) is 3.94. The van der Waals surface area contributed by atoms with Crippen molar-refractivity contribution < 1.29 is 13.2 Å². The Morgan fingerprint density at radius 1 is 1.04 bits per heavy atom. The van der Waals surface area contributed by atoms with Crippen LogP contribution in [0.5, 0.6) is 0 Å². The maximum atomic E-state index is 14.4. The van der Waals surface area contributed by atoms with Gasteiger partial charge in [-0.25, -0.2) is 9.97 Å². The zero-order valence-corrected chi connectivity index (χ0v) is 15.3. The van der Waals surface area contributed by atoms with Crippen LogP contribution in [-0.4, -0.2) is 21.5 Å². The molecule has 0 bridgehead atoms. The Labute approximate surface area is 164 Å². The molecule has 0 amide bonds. The number of fused-ring (bicyclic) bond motifs is 1. The highest BCUT2D eigenvalue weighted by molar-refractivity contribution is 6.30. The Morgan fingerprint density at radius 2 is 1.93 bits per heavy atom. The van der Waals surface area contributed by atoms with Crippen molar-refractivity contribution in [1.82, 2.24) is 15.0 Å². The molecule has 0 spiro atoms. The molecule has 0 atom stereocenters. The van der Waals surface area contributed by atoms with Crippen LogP contribution in [0.3, 0.4) is 0 Å². The van der Waals surface area contributed by atoms with Gasteiger partial charge in [0.2, 0.25) is 0 Å². The molecule has 0 unspecified atom stereocenters. The Bertz CT molecular complexity index is 1100. The second-order valence-electron chi connectivity index (χ2n) is 6.19. The summed E-state index contributed by atoms with van der Waals surface area (Å²) in [7, 11) is 0. The van der Waals surface area contributed by atoms with E-state index in [-0.39, 0.29) is 11.5 Å². The van der Waals surface area contributed by atoms with Crippen molar-refractivity contribution in [2.24, 2.45) is 0 Å². The van der Waals surface area contributed by atoms with E-state index < -0.39 is 12.5 Å². The predicted octanol–water partition coefficient (Wildman–Crippen LogP) is 5.07. The van der Waals surface area contributed by atoms with Crippen LogP contribution < -0.4 is 5.32 Å². The fourth-order valence-electron chi connectivity index (χ4n) is 2.79. The van der Waals surface area contributed by atoms with Gasteiger partial charge in [-0.3, -0.25) is 4.98 Å². The lowest BCUT2D eigenvalue weighted by Gasteiger charge is -2.16. The zero-order chi connectivity index (χ0) is 19.6. The smallest absolute Gasteiger partial charge is 0.306 e. The number of hydrogen-bond acceptors (Lipinski definition) is 5. The Hall–Kier alpha value is -3.06. The van der Waals surface area contributed by atoms with Crippen molar-refractivity contribution in [2.45, 2.75) is 12.3 Å². The number of rotatable bonds is 6. The van der Waals surface area contributed by atoms with Gasteiger partial charge in [0.15, 0.2) is 22.8 Å². The van der Waals surface area contributed by atoms with Gasteiger partial charge in [0.25, 0.3) is 0 Å². The first-order valence-electron chi connectivity index (χ1n) is 8.53. The van der Waals surface area contributed by atoms with Crippen molar-refractivity contribution in [3.05, 3.63) is 83.1 Å². The SMILES string of the molecule is FC(F)(CNc1nccc2oc(Cc3cccc(Cl)c3)nc12)c1ccccn1. The molecule has 0 saturated heterocycles. The van der Waals surface area contributed by atoms with E-state index in [0.29, 0.717) is 28.4 Å². The number of hydrogen-bond donors (Lipinski definition) is 1. The van der Waals surface area contributed by atoms with Crippen molar-refractivity contribution >= 4 is 28.5 Å². The van der Waals surface area contributed by atoms with E-state index in [0.717, 1.165) is 5.56 Å². The Balaban J connectivity index is 1.55. The molecule has 3 heterocycles. The van der Waals surface area contributed by atoms with Crippen LogP contribution in [0.25, 0.3) is 11.1 Å². The average Bonchev–Trinajstić information content (AvgIpc) is 3.10. The number of nitrogens with zero attached hydrogens (tertiary/aromatic N) is 3. The quantitative estimate of drug-likeness (QED) is 0.489. The first-order valence-corrected chi connectivity index (χ1v) is 8.91. The van der Waals surface area contributed by atoms with Gasteiger partial charge in [-0.2, -0.15) is 8.78 Å². The lowest BCUT2D eigenvalue weighted by molar-refractivity contribution is 0.00594. The minimum Gasteiger partial charge on any atom is -0.440 e. The first kappa shape index (κ1) is 18.3. The summed E-state index contributed by atoms with van der Waals surface area (Å²) in [6.45, 7) is -0.660. The van der Waals surface area contributed by atoms with E-state index in [4.69, 9.17) is 16.0 Å². The van der Waals surface area contributed by atoms with Crippen LogP contribution in [0.15, 0.2) is 65.3 Å². The van der Waals surface area contributed by atoms with Crippen LogP contribution in [0.2, 0.25) is 5.02 Å². The number of aromatic nitrogens is 3. The molecule has 4 rings (SSSR count). The molecule has 0 aliphatic heterocycles. The van der Waals surface area contributed by atoms with Crippen molar-refractivity contribution in [2.75, 3.05) is 11.9 Å². The fraction of sp³-hybridized carbons (Fsp3) is 0.150. The second-order valence-corrected chi connectivity index (χ2v) is 6.63. The molecule has 5 nitrogen and oxygen atoms in total. The summed E-state index contributed by atoms with van der Waals surface area (Å²) in [6, 6.07) is 13.4. The Kier molecular flexibility index (Phi) is 4.92. The highest BCUT2D eigenvalue weighted by Gasteiger charge is 2.33. The van der Waals surface area contributed by atoms with Crippen LogP contribution >= 0.6 is 11.6 Å². The number of halogens is 3. The topological polar surface area (TPSA) is 63.8 Å². The molecule has 0 fully saturated rings. The van der Waals surface area contributed by atoms with Gasteiger partial charge in [-0.05, 0) is 29.8 Å². The molecule has 0 saturated carbocycles. The van der Waals surface area contributed by atoms with Crippen LogP contribution in [0.4, 0.5) is 14.6 Å². The third-order valence-electron chi connectivity index (χ3n) is 4.11. The predicted molar refractivity (Wildman–Crippen MR) is 103 cm³/mol. The van der Waals surface area contributed by atoms with Crippen LogP contribution in [0, 0.1) is 0 Å². The summed E-state index contributed by atoms with van der Waals surface area (Å²) in [5, 5.41) is 3.29. The summed E-state index contributed by atoms with van der Waals surface area (Å²) >= 11 is 6.00. The molecule has 1 N–H and O–H groups in total. The van der Waals surface area contributed by atoms with Crippen molar-refractivity contribution in [3.8, 4) is 0 Å². The van der Waals surface area contributed by atoms with E-state index in [1.807, 2.05) is 18.2 Å². The average molecular weight is 401 g/mol. The molecule has 4 aromatic rings. The standard InChI is InChI=1S/C20H15ClF2N4O/c21-14-5-3-4-13(10-14)11-17-27-18-15(28-17)7-9-25-19(18)26-12-20(22,23)16-6-1-2-8-24-16/h1-10H,11-12H2,(H,25,26). The molecule has 0 aliphatic rings. The summed E-state index contributed by atoms with van der Waals surface area (Å²) in [6.07, 6.45) is 3.25. The molecule has 0 aliphatic carbocycles. The molecule has 142 valence electrons. The number of oxazole rings is 1. The van der Waals surface area contributed by atoms with Gasteiger partial charge in [0.05, 0.1) is 6.54 Å². The normalized spacial score (nSPS) is 11.7. The van der Waals surface area contributed by atoms with Gasteiger partial charge in [-0.15, -0.1) is 0 Å². The highest BCUT2D eigenvalue weighted by atomic mass is 35.5. The number of pyridine rings is 2. The lowest BCUT2D eigenvalue weighted by Crippen LogP contribution is -2.26. The maximum Gasteiger partial charge on any atom is 0.306 e. The summed E-state index contributed by atoms with van der Waals surface area (Å²) < 4.78 is 34.5. The van der Waals surface area contributed by atoms with Gasteiger partial charge >= 0.3 is 5.92 Å². The molecule has 1 aromatic carbocycles. The van der Waals surface area contributed by atoms with Gasteiger partial charge < -0.3 is 9.73 Å². The molecular weight excluding hydrogens is 386 g/mol. The molecular formula is C20H15ClF2N4O. The van der Waals surface area contributed by atoms with Gasteiger partial charge in [-0.1, -0.05) is 29.8 Å². The number of benzene rings is 1. The summed E-state index contributed by atoms with van der Waals surface area (Å²) in [5.74, 6) is -2.47. The minimum absolute atomic E-state index is 0.231. The number of alkyl halides is 2. The fourth-order valence-corrected chi connectivity index (χ4v) is 3.00. The van der Waals surface area contributed by atoms with Gasteiger partial charge in [0.1, 0.15) is 5.69 Å². The van der Waals surface area contributed by atoms with E-state index in [2.05, 4.69) is 20.3 Å². The van der Waals surface area contributed by atoms with Gasteiger partial charge in [0, 0.05) is 29.9 Å². The minimum atomic E-state index is -3.15. The maximum absolute atomic E-state index is 14.4. The molecule has 28 heavy (non-hydrogen) atoms. The van der Waals surface area contributed by atoms with Crippen molar-refractivity contribution in [1.29, 1.82) is 0 Å². The highest BCUT2D eigenvalue weighted by Crippen LogP contribution is 2.28. The molecule has 0 radical (unpaired) electrons. The first-order chi connectivity index (χ1) is 13.5. The number of anilines is 1. The van der Waals surface area contributed by atoms with E-state index in [1.54, 1.807) is 18.2 Å². The largest absolute Gasteiger partial charge is 0.440 e. The van der Waals surface area contributed by atoms with E-state index in [1.165, 1.54) is 24.5 Å². The van der Waals surface area contributed by atoms with Crippen LogP contribution in [-0.2, 0) is 12.3 Å². The lowest BCUT2D eigenvalue weighted by atomic mass is 10.1. The van der Waals surface area contributed by atoms with E-state index in [9.17, 15) is 8.78 Å².